The molecule has 1 aliphatic heterocycles. The summed E-state index contributed by atoms with van der Waals surface area (Å²) in [5, 5.41) is 4.50. The number of rotatable bonds is 6. The minimum Gasteiger partial charge on any atom is -0.346 e. The second-order valence-electron chi connectivity index (χ2n) is 5.08. The van der Waals surface area contributed by atoms with Gasteiger partial charge in [-0.3, -0.25) is 14.5 Å². The number of carbonyl (C=O) groups excluding carboxylic acids is 3. The van der Waals surface area contributed by atoms with Crippen LogP contribution in [0.25, 0.3) is 0 Å². The number of alkyl halides is 2. The summed E-state index contributed by atoms with van der Waals surface area (Å²) in [7, 11) is 0. The summed E-state index contributed by atoms with van der Waals surface area (Å²) < 4.78 is 26.0. The topological polar surface area (TPSA) is 105 Å². The highest BCUT2D eigenvalue weighted by Crippen LogP contribution is 2.12. The van der Waals surface area contributed by atoms with Crippen LogP contribution in [0.4, 0.5) is 13.6 Å². The zero-order chi connectivity index (χ0) is 17.0. The van der Waals surface area contributed by atoms with Gasteiger partial charge in [-0.05, 0) is 17.7 Å². The fraction of sp³-hybridized carbons (Fsp3) is 0.357. The van der Waals surface area contributed by atoms with Gasteiger partial charge in [-0.2, -0.15) is 0 Å². The molecule has 2 rings (SSSR count). The molecule has 0 saturated carbocycles. The molecule has 7 nitrogen and oxygen atoms in total. The van der Waals surface area contributed by atoms with E-state index < -0.39 is 31.0 Å². The summed E-state index contributed by atoms with van der Waals surface area (Å²) >= 11 is 0. The Hall–Kier alpha value is -2.55. The van der Waals surface area contributed by atoms with Gasteiger partial charge in [0.15, 0.2) is 0 Å². The molecule has 0 spiro atoms. The van der Waals surface area contributed by atoms with Crippen LogP contribution < -0.4 is 16.4 Å². The smallest absolute Gasteiger partial charge is 0.324 e. The highest BCUT2D eigenvalue weighted by Gasteiger charge is 2.29. The number of carbonyl (C=O) groups is 3. The molecule has 1 heterocycles. The molecule has 23 heavy (non-hydrogen) atoms. The number of imide groups is 1. The Morgan fingerprint density at radius 1 is 1.30 bits per heavy atom. The van der Waals surface area contributed by atoms with Crippen molar-refractivity contribution in [3.05, 3.63) is 35.4 Å². The Labute approximate surface area is 130 Å². The highest BCUT2D eigenvalue weighted by atomic mass is 19.3. The third kappa shape index (κ3) is 4.22. The molecule has 1 aromatic rings. The molecule has 1 aromatic carbocycles. The van der Waals surface area contributed by atoms with E-state index in [9.17, 15) is 23.2 Å². The molecular weight excluding hydrogens is 310 g/mol. The molecule has 0 aliphatic carbocycles. The predicted molar refractivity (Wildman–Crippen MR) is 76.7 cm³/mol. The van der Waals surface area contributed by atoms with E-state index in [1.165, 1.54) is 12.1 Å². The zero-order valence-corrected chi connectivity index (χ0v) is 12.1. The number of nitrogens with zero attached hydrogens (tertiary/aromatic N) is 1. The molecular formula is C14H16F2N4O3. The lowest BCUT2D eigenvalue weighted by atomic mass is 10.1. The van der Waals surface area contributed by atoms with Crippen LogP contribution in [0.2, 0.25) is 0 Å². The quantitative estimate of drug-likeness (QED) is 0.643. The van der Waals surface area contributed by atoms with Gasteiger partial charge in [0.1, 0.15) is 0 Å². The number of nitrogens with two attached hydrogens (primary N) is 1. The first-order valence-electron chi connectivity index (χ1n) is 6.85. The van der Waals surface area contributed by atoms with Crippen LogP contribution in [0, 0.1) is 0 Å². The molecule has 1 aliphatic rings. The second-order valence-corrected chi connectivity index (χ2v) is 5.08. The number of hydrogen-bond acceptors (Lipinski definition) is 4. The molecule has 0 radical (unpaired) electrons. The van der Waals surface area contributed by atoms with Gasteiger partial charge >= 0.3 is 6.03 Å². The van der Waals surface area contributed by atoms with Gasteiger partial charge in [-0.1, -0.05) is 12.1 Å². The van der Waals surface area contributed by atoms with Crippen LogP contribution in [0.15, 0.2) is 24.3 Å². The van der Waals surface area contributed by atoms with E-state index in [1.54, 1.807) is 12.1 Å². The number of hydrogen-bond donors (Lipinski definition) is 3. The average Bonchev–Trinajstić information content (AvgIpc) is 2.85. The van der Waals surface area contributed by atoms with E-state index in [0.717, 1.165) is 4.90 Å². The van der Waals surface area contributed by atoms with Gasteiger partial charge in [-0.25, -0.2) is 13.6 Å². The Bertz CT molecular complexity index is 603. The van der Waals surface area contributed by atoms with Crippen molar-refractivity contribution < 1.29 is 23.2 Å². The average molecular weight is 326 g/mol. The molecule has 0 aromatic heterocycles. The molecule has 0 bridgehead atoms. The summed E-state index contributed by atoms with van der Waals surface area (Å²) in [5.41, 5.74) is 5.72. The van der Waals surface area contributed by atoms with Crippen molar-refractivity contribution in [2.24, 2.45) is 5.73 Å². The molecule has 1 saturated heterocycles. The van der Waals surface area contributed by atoms with E-state index in [-0.39, 0.29) is 24.6 Å². The van der Waals surface area contributed by atoms with E-state index in [4.69, 9.17) is 5.73 Å². The Morgan fingerprint density at radius 3 is 2.48 bits per heavy atom. The summed E-state index contributed by atoms with van der Waals surface area (Å²) in [6.45, 7) is -1.64. The van der Waals surface area contributed by atoms with Gasteiger partial charge in [0.05, 0.1) is 26.2 Å². The van der Waals surface area contributed by atoms with Crippen molar-refractivity contribution >= 4 is 17.8 Å². The monoisotopic (exact) mass is 326 g/mol. The number of benzene rings is 1. The van der Waals surface area contributed by atoms with E-state index in [2.05, 4.69) is 10.6 Å². The van der Waals surface area contributed by atoms with Crippen LogP contribution in [-0.2, 0) is 11.3 Å². The minimum absolute atomic E-state index is 0.0331. The largest absolute Gasteiger partial charge is 0.346 e. The molecule has 4 amide bonds. The maximum Gasteiger partial charge on any atom is 0.324 e. The van der Waals surface area contributed by atoms with Crippen LogP contribution in [-0.4, -0.2) is 48.3 Å². The van der Waals surface area contributed by atoms with Gasteiger partial charge in [0.25, 0.3) is 11.8 Å². The van der Waals surface area contributed by atoms with E-state index in [0.29, 0.717) is 5.56 Å². The van der Waals surface area contributed by atoms with Gasteiger partial charge in [0, 0.05) is 5.56 Å². The number of urea groups is 1. The van der Waals surface area contributed by atoms with Crippen LogP contribution >= 0.6 is 0 Å². The SMILES string of the molecule is NCC(F)(F)CNC(=O)c1ccc(CN2C(=O)CNC2=O)cc1. The lowest BCUT2D eigenvalue weighted by molar-refractivity contribution is -0.125. The van der Waals surface area contributed by atoms with E-state index >= 15 is 0 Å². The van der Waals surface area contributed by atoms with Crippen molar-refractivity contribution in [2.45, 2.75) is 12.5 Å². The van der Waals surface area contributed by atoms with Gasteiger partial charge in [0.2, 0.25) is 5.91 Å². The van der Waals surface area contributed by atoms with Crippen molar-refractivity contribution in [1.82, 2.24) is 15.5 Å². The molecule has 1 fully saturated rings. The Morgan fingerprint density at radius 2 is 1.96 bits per heavy atom. The number of halogens is 2. The Balaban J connectivity index is 1.95. The van der Waals surface area contributed by atoms with Crippen molar-refractivity contribution in [3.8, 4) is 0 Å². The summed E-state index contributed by atoms with van der Waals surface area (Å²) in [6.07, 6.45) is 0. The first kappa shape index (κ1) is 16.8. The molecule has 9 heteroatoms. The number of nitrogens with one attached hydrogen (secondary N) is 2. The third-order valence-corrected chi connectivity index (χ3v) is 3.30. The van der Waals surface area contributed by atoms with E-state index in [1.807, 2.05) is 0 Å². The van der Waals surface area contributed by atoms with Crippen LogP contribution in [0.1, 0.15) is 15.9 Å². The standard InChI is InChI=1S/C14H16F2N4O3/c15-14(16,7-17)8-19-12(22)10-3-1-9(2-4-10)6-20-11(21)5-18-13(20)23/h1-4H,5-8,17H2,(H,18,23)(H,19,22). The first-order chi connectivity index (χ1) is 10.8. The second kappa shape index (κ2) is 6.69. The van der Waals surface area contributed by atoms with Crippen LogP contribution in [0.3, 0.4) is 0 Å². The fourth-order valence-corrected chi connectivity index (χ4v) is 1.94. The lowest BCUT2D eigenvalue weighted by Gasteiger charge is -2.15. The molecule has 0 unspecified atom stereocenters. The van der Waals surface area contributed by atoms with Crippen LogP contribution in [0.5, 0.6) is 0 Å². The van der Waals surface area contributed by atoms with Crippen molar-refractivity contribution in [1.29, 1.82) is 0 Å². The van der Waals surface area contributed by atoms with Gasteiger partial charge < -0.3 is 16.4 Å². The number of amides is 4. The van der Waals surface area contributed by atoms with Crippen molar-refractivity contribution in [3.63, 3.8) is 0 Å². The molecule has 124 valence electrons. The maximum absolute atomic E-state index is 13.0. The summed E-state index contributed by atoms with van der Waals surface area (Å²) in [4.78, 5) is 35.7. The third-order valence-electron chi connectivity index (χ3n) is 3.30. The zero-order valence-electron chi connectivity index (χ0n) is 12.1. The summed E-state index contributed by atoms with van der Waals surface area (Å²) in [5.74, 6) is -4.14. The minimum atomic E-state index is -3.15. The first-order valence-corrected chi connectivity index (χ1v) is 6.85. The Kier molecular flexibility index (Phi) is 4.89. The molecule has 4 N–H and O–H groups in total. The highest BCUT2D eigenvalue weighted by molar-refractivity contribution is 6.01. The summed E-state index contributed by atoms with van der Waals surface area (Å²) in [6, 6.07) is 5.50. The molecule has 0 atom stereocenters. The maximum atomic E-state index is 13.0. The predicted octanol–water partition coefficient (Wildman–Crippen LogP) is 0.0622. The van der Waals surface area contributed by atoms with Crippen molar-refractivity contribution in [2.75, 3.05) is 19.6 Å². The fourth-order valence-electron chi connectivity index (χ4n) is 1.94. The van der Waals surface area contributed by atoms with Gasteiger partial charge in [-0.15, -0.1) is 0 Å². The lowest BCUT2D eigenvalue weighted by Crippen LogP contribution is -2.41. The normalized spacial score (nSPS) is 14.8.